The standard InChI is InChI=1S/C21H29N5O2/c1-14(2)22-21(27)19-12-25-9-8-16(19)10-17(25)11-26-13-20(23-24-26)15-4-6-18(28-3)7-5-15/h4-7,13-14,16-17,19H,8-12H2,1-3H3,(H,22,27)/t16-,17+,19+/m0/s1. The Morgan fingerprint density at radius 1 is 1.32 bits per heavy atom. The SMILES string of the molecule is COc1ccc(-c2cn(C[C@H]3C[C@@H]4CCN3C[C@H]4C(=O)NC(C)C)nn2)cc1. The minimum atomic E-state index is 0.123. The molecule has 4 heterocycles. The molecule has 2 bridgehead atoms. The monoisotopic (exact) mass is 383 g/mol. The molecule has 0 radical (unpaired) electrons. The summed E-state index contributed by atoms with van der Waals surface area (Å²) >= 11 is 0. The Hall–Kier alpha value is -2.41. The van der Waals surface area contributed by atoms with Gasteiger partial charge in [-0.25, -0.2) is 0 Å². The van der Waals surface area contributed by atoms with Crippen LogP contribution in [0.15, 0.2) is 30.5 Å². The van der Waals surface area contributed by atoms with Crippen LogP contribution in [0.5, 0.6) is 5.75 Å². The molecule has 7 heteroatoms. The van der Waals surface area contributed by atoms with E-state index in [-0.39, 0.29) is 17.9 Å². The fourth-order valence-corrected chi connectivity index (χ4v) is 4.51. The highest BCUT2D eigenvalue weighted by Crippen LogP contribution is 2.37. The van der Waals surface area contributed by atoms with Gasteiger partial charge in [-0.3, -0.25) is 14.4 Å². The van der Waals surface area contributed by atoms with Crippen LogP contribution in [0.1, 0.15) is 26.7 Å². The molecule has 1 N–H and O–H groups in total. The second kappa shape index (κ2) is 7.91. The van der Waals surface area contributed by atoms with E-state index in [0.717, 1.165) is 49.5 Å². The molecule has 5 rings (SSSR count). The van der Waals surface area contributed by atoms with Gasteiger partial charge in [0, 0.05) is 24.2 Å². The Bertz CT molecular complexity index is 816. The first-order valence-electron chi connectivity index (χ1n) is 10.1. The fraction of sp³-hybridized carbons (Fsp3) is 0.571. The summed E-state index contributed by atoms with van der Waals surface area (Å²) in [5, 5.41) is 11.8. The third-order valence-electron chi connectivity index (χ3n) is 5.97. The van der Waals surface area contributed by atoms with Gasteiger partial charge in [-0.1, -0.05) is 5.21 Å². The average Bonchev–Trinajstić information content (AvgIpc) is 3.16. The predicted octanol–water partition coefficient (Wildman–Crippen LogP) is 2.19. The molecule has 1 amide bonds. The van der Waals surface area contributed by atoms with Gasteiger partial charge in [0.1, 0.15) is 11.4 Å². The smallest absolute Gasteiger partial charge is 0.224 e. The highest BCUT2D eigenvalue weighted by atomic mass is 16.5. The zero-order valence-electron chi connectivity index (χ0n) is 16.8. The van der Waals surface area contributed by atoms with E-state index in [1.54, 1.807) is 7.11 Å². The second-order valence-electron chi connectivity index (χ2n) is 8.26. The van der Waals surface area contributed by atoms with Crippen LogP contribution < -0.4 is 10.1 Å². The van der Waals surface area contributed by atoms with E-state index in [0.29, 0.717) is 12.0 Å². The first-order valence-corrected chi connectivity index (χ1v) is 10.1. The van der Waals surface area contributed by atoms with E-state index < -0.39 is 0 Å². The summed E-state index contributed by atoms with van der Waals surface area (Å²) in [6.45, 7) is 6.79. The van der Waals surface area contributed by atoms with Gasteiger partial charge in [-0.15, -0.1) is 5.10 Å². The molecule has 3 aliphatic heterocycles. The van der Waals surface area contributed by atoms with Crippen molar-refractivity contribution in [1.82, 2.24) is 25.2 Å². The van der Waals surface area contributed by atoms with E-state index in [9.17, 15) is 4.79 Å². The summed E-state index contributed by atoms with van der Waals surface area (Å²) in [5.41, 5.74) is 1.90. The first-order chi connectivity index (χ1) is 13.5. The Morgan fingerprint density at radius 3 is 2.75 bits per heavy atom. The number of nitrogens with zero attached hydrogens (tertiary/aromatic N) is 4. The number of carbonyl (C=O) groups excluding carboxylic acids is 1. The van der Waals surface area contributed by atoms with Gasteiger partial charge >= 0.3 is 0 Å². The zero-order chi connectivity index (χ0) is 19.7. The van der Waals surface area contributed by atoms with Crippen LogP contribution in [0.2, 0.25) is 0 Å². The third-order valence-corrected chi connectivity index (χ3v) is 5.97. The first kappa shape index (κ1) is 18.9. The summed E-state index contributed by atoms with van der Waals surface area (Å²) in [6.07, 6.45) is 4.17. The van der Waals surface area contributed by atoms with Crippen LogP contribution in [0.25, 0.3) is 11.3 Å². The number of nitrogens with one attached hydrogen (secondary N) is 1. The number of fused-ring (bicyclic) bond motifs is 3. The molecule has 7 nitrogen and oxygen atoms in total. The molecular weight excluding hydrogens is 354 g/mol. The van der Waals surface area contributed by atoms with Crippen molar-refractivity contribution in [2.75, 3.05) is 20.2 Å². The van der Waals surface area contributed by atoms with E-state index >= 15 is 0 Å². The van der Waals surface area contributed by atoms with Gasteiger partial charge in [0.25, 0.3) is 0 Å². The largest absolute Gasteiger partial charge is 0.497 e. The number of benzene rings is 1. The molecule has 2 aromatic rings. The zero-order valence-corrected chi connectivity index (χ0v) is 16.8. The van der Waals surface area contributed by atoms with Crippen molar-refractivity contribution in [3.8, 4) is 17.0 Å². The molecule has 0 spiro atoms. The van der Waals surface area contributed by atoms with Crippen LogP contribution in [0.4, 0.5) is 0 Å². The highest BCUT2D eigenvalue weighted by Gasteiger charge is 2.43. The molecule has 150 valence electrons. The summed E-state index contributed by atoms with van der Waals surface area (Å²) < 4.78 is 7.15. The van der Waals surface area contributed by atoms with E-state index in [1.807, 2.05) is 49.0 Å². The Balaban J connectivity index is 1.39. The number of carbonyl (C=O) groups is 1. The molecule has 3 saturated heterocycles. The van der Waals surface area contributed by atoms with Crippen LogP contribution in [-0.2, 0) is 11.3 Å². The molecule has 1 aromatic heterocycles. The van der Waals surface area contributed by atoms with Crippen molar-refractivity contribution in [2.24, 2.45) is 11.8 Å². The summed E-state index contributed by atoms with van der Waals surface area (Å²) in [4.78, 5) is 15.0. The van der Waals surface area contributed by atoms with Crippen LogP contribution in [-0.4, -0.2) is 58.1 Å². The van der Waals surface area contributed by atoms with Crippen LogP contribution in [0.3, 0.4) is 0 Å². The number of methoxy groups -OCH3 is 1. The van der Waals surface area contributed by atoms with E-state index in [4.69, 9.17) is 4.74 Å². The molecule has 1 unspecified atom stereocenters. The number of piperidine rings is 3. The van der Waals surface area contributed by atoms with Gasteiger partial charge < -0.3 is 10.1 Å². The van der Waals surface area contributed by atoms with Gasteiger partial charge in [-0.2, -0.15) is 0 Å². The fourth-order valence-electron chi connectivity index (χ4n) is 4.51. The maximum absolute atomic E-state index is 12.5. The lowest BCUT2D eigenvalue weighted by molar-refractivity contribution is -0.133. The molecule has 28 heavy (non-hydrogen) atoms. The van der Waals surface area contributed by atoms with Crippen LogP contribution >= 0.6 is 0 Å². The molecule has 0 aliphatic carbocycles. The number of hydrogen-bond donors (Lipinski definition) is 1. The Morgan fingerprint density at radius 2 is 2.11 bits per heavy atom. The summed E-state index contributed by atoms with van der Waals surface area (Å²) in [7, 11) is 1.66. The Kier molecular flexibility index (Phi) is 5.35. The predicted molar refractivity (Wildman–Crippen MR) is 107 cm³/mol. The lowest BCUT2D eigenvalue weighted by atomic mass is 9.75. The highest BCUT2D eigenvalue weighted by molar-refractivity contribution is 5.79. The minimum Gasteiger partial charge on any atom is -0.497 e. The maximum atomic E-state index is 12.5. The lowest BCUT2D eigenvalue weighted by Gasteiger charge is -2.49. The maximum Gasteiger partial charge on any atom is 0.224 e. The van der Waals surface area contributed by atoms with Gasteiger partial charge in [0.15, 0.2) is 0 Å². The van der Waals surface area contributed by atoms with Gasteiger partial charge in [0.05, 0.1) is 25.8 Å². The molecule has 3 fully saturated rings. The van der Waals surface area contributed by atoms with Crippen molar-refractivity contribution < 1.29 is 9.53 Å². The van der Waals surface area contributed by atoms with Crippen molar-refractivity contribution in [2.45, 2.75) is 45.3 Å². The quantitative estimate of drug-likeness (QED) is 0.828. The van der Waals surface area contributed by atoms with E-state index in [2.05, 4.69) is 20.5 Å². The third kappa shape index (κ3) is 3.90. The molecule has 0 saturated carbocycles. The number of amides is 1. The lowest BCUT2D eigenvalue weighted by Crippen LogP contribution is -2.58. The average molecular weight is 383 g/mol. The Labute approximate surface area is 166 Å². The number of hydrogen-bond acceptors (Lipinski definition) is 5. The molecule has 3 aliphatic rings. The number of aromatic nitrogens is 3. The molecule has 4 atom stereocenters. The van der Waals surface area contributed by atoms with Crippen LogP contribution in [0, 0.1) is 11.8 Å². The molecule has 1 aromatic carbocycles. The van der Waals surface area contributed by atoms with Crippen molar-refractivity contribution in [3.05, 3.63) is 30.5 Å². The minimum absolute atomic E-state index is 0.123. The van der Waals surface area contributed by atoms with E-state index in [1.165, 1.54) is 0 Å². The number of ether oxygens (including phenoxy) is 1. The van der Waals surface area contributed by atoms with Crippen molar-refractivity contribution in [3.63, 3.8) is 0 Å². The molecular formula is C21H29N5O2. The number of rotatable bonds is 6. The van der Waals surface area contributed by atoms with Crippen molar-refractivity contribution in [1.29, 1.82) is 0 Å². The van der Waals surface area contributed by atoms with Crippen molar-refractivity contribution >= 4 is 5.91 Å². The second-order valence-corrected chi connectivity index (χ2v) is 8.26. The van der Waals surface area contributed by atoms with Gasteiger partial charge in [0.2, 0.25) is 5.91 Å². The van der Waals surface area contributed by atoms with Gasteiger partial charge in [-0.05, 0) is 63.4 Å². The topological polar surface area (TPSA) is 72.3 Å². The summed E-state index contributed by atoms with van der Waals surface area (Å²) in [6, 6.07) is 8.48. The normalized spacial score (nSPS) is 26.4. The summed E-state index contributed by atoms with van der Waals surface area (Å²) in [5.74, 6) is 1.64.